The lowest BCUT2D eigenvalue weighted by Crippen LogP contribution is -2.62. The number of hydrogen-bond acceptors (Lipinski definition) is 3. The van der Waals surface area contributed by atoms with Gasteiger partial charge < -0.3 is 9.64 Å². The first-order valence-corrected chi connectivity index (χ1v) is 11.0. The summed E-state index contributed by atoms with van der Waals surface area (Å²) in [6.07, 6.45) is 1.85. The molecule has 0 saturated carbocycles. The molecule has 4 aromatic carbocycles. The zero-order valence-electron chi connectivity index (χ0n) is 18.3. The number of halogens is 2. The minimum atomic E-state index is -0.979. The minimum absolute atomic E-state index is 0.210. The molecule has 0 radical (unpaired) electrons. The molecule has 0 aromatic heterocycles. The van der Waals surface area contributed by atoms with Crippen LogP contribution in [0.15, 0.2) is 83.9 Å². The first kappa shape index (κ1) is 19.9. The molecule has 0 aliphatic carbocycles. The van der Waals surface area contributed by atoms with E-state index in [4.69, 9.17) is 9.73 Å². The zero-order valence-corrected chi connectivity index (χ0v) is 18.3. The maximum atomic E-state index is 14.7. The van der Waals surface area contributed by atoms with Crippen LogP contribution in [0.5, 0.6) is 5.75 Å². The molecule has 3 nitrogen and oxygen atoms in total. The Morgan fingerprint density at radius 2 is 1.70 bits per heavy atom. The molecule has 0 saturated heterocycles. The predicted molar refractivity (Wildman–Crippen MR) is 127 cm³/mol. The molecule has 33 heavy (non-hydrogen) atoms. The Morgan fingerprint density at radius 1 is 0.909 bits per heavy atom. The van der Waals surface area contributed by atoms with Crippen molar-refractivity contribution in [2.24, 2.45) is 4.99 Å². The number of para-hydroxylation sites is 1. The molecular weight excluding hydrogens is 418 g/mol. The van der Waals surface area contributed by atoms with E-state index in [1.54, 1.807) is 0 Å². The second kappa shape index (κ2) is 6.88. The summed E-state index contributed by atoms with van der Waals surface area (Å²) < 4.78 is 35.1. The number of fused-ring (bicyclic) bond motifs is 4. The van der Waals surface area contributed by atoms with E-state index in [9.17, 15) is 8.78 Å². The molecule has 2 aliphatic rings. The number of ether oxygens (including phenoxy) is 1. The topological polar surface area (TPSA) is 24.8 Å². The lowest BCUT2D eigenvalue weighted by molar-refractivity contribution is 0.0763. The van der Waals surface area contributed by atoms with Gasteiger partial charge in [0.2, 0.25) is 5.72 Å². The molecule has 1 atom stereocenters. The second-order valence-corrected chi connectivity index (χ2v) is 9.15. The molecule has 6 rings (SSSR count). The van der Waals surface area contributed by atoms with Gasteiger partial charge in [-0.3, -0.25) is 4.99 Å². The molecular formula is C28H22F2N2O. The van der Waals surface area contributed by atoms with Gasteiger partial charge in [0.25, 0.3) is 0 Å². The second-order valence-electron chi connectivity index (χ2n) is 9.15. The fourth-order valence-corrected chi connectivity index (χ4v) is 5.18. The van der Waals surface area contributed by atoms with Crippen LogP contribution >= 0.6 is 0 Å². The largest absolute Gasteiger partial charge is 0.459 e. The van der Waals surface area contributed by atoms with Crippen molar-refractivity contribution < 1.29 is 13.5 Å². The highest BCUT2D eigenvalue weighted by molar-refractivity contribution is 5.99. The van der Waals surface area contributed by atoms with Crippen LogP contribution in [0.3, 0.4) is 0 Å². The Hall–Kier alpha value is -3.73. The molecule has 2 aliphatic heterocycles. The normalized spacial score (nSPS) is 20.1. The Balaban J connectivity index is 1.53. The Bertz CT molecular complexity index is 1450. The van der Waals surface area contributed by atoms with Gasteiger partial charge in [0.05, 0.1) is 18.2 Å². The highest BCUT2D eigenvalue weighted by Gasteiger charge is 2.59. The Morgan fingerprint density at radius 3 is 2.55 bits per heavy atom. The monoisotopic (exact) mass is 440 g/mol. The van der Waals surface area contributed by atoms with E-state index in [0.29, 0.717) is 11.3 Å². The number of nitrogens with zero attached hydrogens (tertiary/aromatic N) is 2. The smallest absolute Gasteiger partial charge is 0.229 e. The minimum Gasteiger partial charge on any atom is -0.459 e. The lowest BCUT2D eigenvalue weighted by Gasteiger charge is -2.46. The van der Waals surface area contributed by atoms with Crippen LogP contribution in [-0.2, 0) is 12.0 Å². The van der Waals surface area contributed by atoms with E-state index >= 15 is 0 Å². The van der Waals surface area contributed by atoms with Crippen molar-refractivity contribution in [1.29, 1.82) is 0 Å². The highest BCUT2D eigenvalue weighted by Crippen LogP contribution is 2.55. The molecule has 1 spiro atoms. The molecule has 0 fully saturated rings. The van der Waals surface area contributed by atoms with Crippen LogP contribution in [0.1, 0.15) is 25.0 Å². The van der Waals surface area contributed by atoms with E-state index in [2.05, 4.69) is 26.0 Å². The summed E-state index contributed by atoms with van der Waals surface area (Å²) in [5.74, 6) is -0.488. The standard InChI is InChI=1S/C28H22F2N2O/c1-27(2)22-9-5-6-10-24(22)32(16-19-11-13-20(29)15-23(19)30)28(27)17-31-26-21-8-4-3-7-18(21)12-14-25(26)33-28/h3-15,17H,16H2,1-2H3. The summed E-state index contributed by atoms with van der Waals surface area (Å²) >= 11 is 0. The van der Waals surface area contributed by atoms with Gasteiger partial charge in [-0.2, -0.15) is 0 Å². The Kier molecular flexibility index (Phi) is 4.15. The number of rotatable bonds is 2. The third-order valence-electron chi connectivity index (χ3n) is 7.01. The number of hydrogen-bond donors (Lipinski definition) is 0. The van der Waals surface area contributed by atoms with Gasteiger partial charge in [-0.25, -0.2) is 8.78 Å². The molecule has 1 unspecified atom stereocenters. The molecule has 164 valence electrons. The van der Waals surface area contributed by atoms with Crippen molar-refractivity contribution in [3.63, 3.8) is 0 Å². The summed E-state index contributed by atoms with van der Waals surface area (Å²) in [6, 6.07) is 23.8. The average molecular weight is 440 g/mol. The van der Waals surface area contributed by atoms with Crippen molar-refractivity contribution in [1.82, 2.24) is 0 Å². The molecule has 5 heteroatoms. The van der Waals surface area contributed by atoms with E-state index in [1.807, 2.05) is 59.6 Å². The van der Waals surface area contributed by atoms with Crippen LogP contribution in [0.4, 0.5) is 20.2 Å². The molecule has 4 aromatic rings. The Labute approximate surface area is 191 Å². The van der Waals surface area contributed by atoms with Crippen molar-refractivity contribution in [2.45, 2.75) is 31.5 Å². The maximum absolute atomic E-state index is 14.7. The molecule has 2 heterocycles. The zero-order chi connectivity index (χ0) is 22.8. The first-order chi connectivity index (χ1) is 15.9. The molecule has 0 amide bonds. The summed E-state index contributed by atoms with van der Waals surface area (Å²) in [7, 11) is 0. The van der Waals surface area contributed by atoms with Gasteiger partial charge in [-0.1, -0.05) is 54.6 Å². The van der Waals surface area contributed by atoms with Crippen molar-refractivity contribution in [2.75, 3.05) is 4.90 Å². The average Bonchev–Trinajstić information content (AvgIpc) is 2.99. The van der Waals surface area contributed by atoms with E-state index < -0.39 is 22.8 Å². The maximum Gasteiger partial charge on any atom is 0.229 e. The fraction of sp³-hybridized carbons (Fsp3) is 0.179. The van der Waals surface area contributed by atoms with Gasteiger partial charge in [-0.05, 0) is 43.0 Å². The number of aliphatic imine (C=N–C) groups is 1. The predicted octanol–water partition coefficient (Wildman–Crippen LogP) is 6.91. The van der Waals surface area contributed by atoms with Crippen LogP contribution in [0, 0.1) is 11.6 Å². The summed E-state index contributed by atoms with van der Waals surface area (Å²) in [5.41, 5.74) is 1.74. The van der Waals surface area contributed by atoms with Crippen LogP contribution in [0.25, 0.3) is 10.8 Å². The summed E-state index contributed by atoms with van der Waals surface area (Å²) in [5, 5.41) is 2.11. The number of benzene rings is 4. The van der Waals surface area contributed by atoms with Crippen LogP contribution < -0.4 is 9.64 Å². The third-order valence-corrected chi connectivity index (χ3v) is 7.01. The first-order valence-electron chi connectivity index (χ1n) is 11.0. The van der Waals surface area contributed by atoms with Gasteiger partial charge in [-0.15, -0.1) is 0 Å². The third kappa shape index (κ3) is 2.75. The van der Waals surface area contributed by atoms with Crippen molar-refractivity contribution in [3.05, 3.63) is 102 Å². The van der Waals surface area contributed by atoms with Gasteiger partial charge >= 0.3 is 0 Å². The SMILES string of the molecule is CC1(C)c2ccccc2N(Cc2ccc(F)cc2F)C12C=Nc1c(ccc3ccccc13)O2. The van der Waals surface area contributed by atoms with E-state index in [1.165, 1.54) is 12.1 Å². The van der Waals surface area contributed by atoms with Crippen LogP contribution in [0.2, 0.25) is 0 Å². The van der Waals surface area contributed by atoms with Crippen molar-refractivity contribution in [3.8, 4) is 5.75 Å². The summed E-state index contributed by atoms with van der Waals surface area (Å²) in [6.45, 7) is 4.44. The van der Waals surface area contributed by atoms with Gasteiger partial charge in [0, 0.05) is 22.7 Å². The quantitative estimate of drug-likeness (QED) is 0.338. The summed E-state index contributed by atoms with van der Waals surface area (Å²) in [4.78, 5) is 6.96. The molecule has 0 bridgehead atoms. The number of anilines is 1. The van der Waals surface area contributed by atoms with E-state index in [-0.39, 0.29) is 6.54 Å². The highest BCUT2D eigenvalue weighted by atomic mass is 19.1. The lowest BCUT2D eigenvalue weighted by atomic mass is 9.77. The van der Waals surface area contributed by atoms with Crippen molar-refractivity contribution >= 4 is 28.4 Å². The fourth-order valence-electron chi connectivity index (χ4n) is 5.18. The van der Waals surface area contributed by atoms with Gasteiger partial charge in [0.1, 0.15) is 23.1 Å². The van der Waals surface area contributed by atoms with Gasteiger partial charge in [0.15, 0.2) is 0 Å². The molecule has 0 N–H and O–H groups in total. The van der Waals surface area contributed by atoms with E-state index in [0.717, 1.165) is 33.8 Å². The van der Waals surface area contributed by atoms with Crippen LogP contribution in [-0.4, -0.2) is 11.9 Å².